The lowest BCUT2D eigenvalue weighted by Crippen LogP contribution is -2.01. The highest BCUT2D eigenvalue weighted by Gasteiger charge is 2.15. The Morgan fingerprint density at radius 1 is 1.15 bits per heavy atom. The van der Waals surface area contributed by atoms with Crippen molar-refractivity contribution in [2.45, 2.75) is 11.4 Å². The van der Waals surface area contributed by atoms with Crippen molar-refractivity contribution in [3.63, 3.8) is 0 Å². The van der Waals surface area contributed by atoms with Crippen molar-refractivity contribution in [3.8, 4) is 5.82 Å². The number of halogens is 3. The van der Waals surface area contributed by atoms with Crippen LogP contribution in [-0.4, -0.2) is 24.5 Å². The van der Waals surface area contributed by atoms with Gasteiger partial charge in [-0.25, -0.2) is 14.3 Å². The minimum Gasteiger partial charge on any atom is -0.324 e. The molecule has 1 aromatic carbocycles. The third kappa shape index (κ3) is 3.23. The number of nitrogens with one attached hydrogen (secondary N) is 1. The summed E-state index contributed by atoms with van der Waals surface area (Å²) in [4.78, 5) is 4.98. The summed E-state index contributed by atoms with van der Waals surface area (Å²) in [6.07, 6.45) is 6.42. The summed E-state index contributed by atoms with van der Waals surface area (Å²) >= 11 is 7.21. The second kappa shape index (κ2) is 6.93. The van der Waals surface area contributed by atoms with Crippen LogP contribution < -0.4 is 4.72 Å². The Morgan fingerprint density at radius 2 is 2.04 bits per heavy atom. The molecule has 0 aliphatic heterocycles. The van der Waals surface area contributed by atoms with E-state index in [0.29, 0.717) is 32.1 Å². The predicted octanol–water partition coefficient (Wildman–Crippen LogP) is 4.78. The summed E-state index contributed by atoms with van der Waals surface area (Å²) in [5.74, 6) is 0.585. The van der Waals surface area contributed by atoms with E-state index in [1.165, 1.54) is 18.1 Å². The summed E-state index contributed by atoms with van der Waals surface area (Å²) in [6.45, 7) is -2.71. The zero-order chi connectivity index (χ0) is 18.1. The Kier molecular flexibility index (Phi) is 4.48. The molecule has 26 heavy (non-hydrogen) atoms. The molecule has 0 fully saturated rings. The molecular formula is C16H11ClF2N6S. The summed E-state index contributed by atoms with van der Waals surface area (Å²) < 4.78 is 31.6. The number of rotatable bonds is 5. The Morgan fingerprint density at radius 3 is 2.85 bits per heavy atom. The number of pyridine rings is 1. The molecule has 4 rings (SSSR count). The first kappa shape index (κ1) is 16.8. The minimum absolute atomic E-state index is 0.346. The maximum Gasteiger partial charge on any atom is 0.333 e. The van der Waals surface area contributed by atoms with Crippen LogP contribution in [0, 0.1) is 0 Å². The molecule has 0 saturated carbocycles. The Bertz CT molecular complexity index is 1060. The first-order valence-corrected chi connectivity index (χ1v) is 8.65. The van der Waals surface area contributed by atoms with E-state index in [0.717, 1.165) is 4.90 Å². The van der Waals surface area contributed by atoms with Gasteiger partial charge in [0.2, 0.25) is 0 Å². The Hall–Kier alpha value is -2.65. The van der Waals surface area contributed by atoms with Crippen molar-refractivity contribution in [1.82, 2.24) is 24.5 Å². The fourth-order valence-corrected chi connectivity index (χ4v) is 3.25. The van der Waals surface area contributed by atoms with Gasteiger partial charge in [-0.15, -0.1) is 0 Å². The maximum absolute atomic E-state index is 13.1. The minimum atomic E-state index is -2.71. The maximum atomic E-state index is 13.1. The summed E-state index contributed by atoms with van der Waals surface area (Å²) in [6, 6.07) is 8.61. The van der Waals surface area contributed by atoms with Gasteiger partial charge in [0.25, 0.3) is 0 Å². The van der Waals surface area contributed by atoms with Crippen LogP contribution in [0.3, 0.4) is 0 Å². The third-order valence-corrected chi connectivity index (χ3v) is 4.59. The lowest BCUT2D eigenvalue weighted by molar-refractivity contribution is 0.0616. The van der Waals surface area contributed by atoms with Crippen molar-refractivity contribution in [1.29, 1.82) is 0 Å². The Labute approximate surface area is 155 Å². The molecule has 0 spiro atoms. The van der Waals surface area contributed by atoms with Crippen LogP contribution in [0.15, 0.2) is 60.0 Å². The highest BCUT2D eigenvalue weighted by atomic mass is 35.5. The van der Waals surface area contributed by atoms with Crippen LogP contribution in [0.1, 0.15) is 6.55 Å². The van der Waals surface area contributed by atoms with Gasteiger partial charge in [0.1, 0.15) is 0 Å². The number of hydrogen-bond donors (Lipinski definition) is 1. The van der Waals surface area contributed by atoms with Gasteiger partial charge in [-0.1, -0.05) is 23.7 Å². The summed E-state index contributed by atoms with van der Waals surface area (Å²) in [7, 11) is 0. The van der Waals surface area contributed by atoms with E-state index in [2.05, 4.69) is 19.9 Å². The first-order chi connectivity index (χ1) is 12.6. The second-order valence-electron chi connectivity index (χ2n) is 5.27. The van der Waals surface area contributed by atoms with Crippen molar-refractivity contribution < 1.29 is 8.78 Å². The number of benzene rings is 1. The normalized spacial score (nSPS) is 11.4. The quantitative estimate of drug-likeness (QED) is 0.495. The van der Waals surface area contributed by atoms with Crippen LogP contribution >= 0.6 is 23.5 Å². The van der Waals surface area contributed by atoms with Gasteiger partial charge in [0.15, 0.2) is 5.82 Å². The van der Waals surface area contributed by atoms with Crippen molar-refractivity contribution >= 4 is 40.1 Å². The molecule has 3 aromatic heterocycles. The van der Waals surface area contributed by atoms with Gasteiger partial charge in [-0.2, -0.15) is 19.0 Å². The molecule has 132 valence electrons. The lowest BCUT2D eigenvalue weighted by atomic mass is 10.2. The van der Waals surface area contributed by atoms with E-state index >= 15 is 0 Å². The number of hydrogen-bond acceptors (Lipinski definition) is 5. The zero-order valence-electron chi connectivity index (χ0n) is 13.1. The number of para-hydroxylation sites is 1. The van der Waals surface area contributed by atoms with Crippen LogP contribution in [-0.2, 0) is 0 Å². The predicted molar refractivity (Wildman–Crippen MR) is 96.8 cm³/mol. The number of alkyl halides is 2. The Balaban J connectivity index is 1.57. The highest BCUT2D eigenvalue weighted by Crippen LogP contribution is 2.30. The second-order valence-corrected chi connectivity index (χ2v) is 6.58. The number of nitrogens with zero attached hydrogens (tertiary/aromatic N) is 5. The van der Waals surface area contributed by atoms with Gasteiger partial charge >= 0.3 is 6.55 Å². The van der Waals surface area contributed by atoms with E-state index in [1.54, 1.807) is 53.6 Å². The van der Waals surface area contributed by atoms with Crippen molar-refractivity contribution in [3.05, 3.63) is 60.1 Å². The lowest BCUT2D eigenvalue weighted by Gasteiger charge is -2.08. The molecular weight excluding hydrogens is 382 g/mol. The smallest absolute Gasteiger partial charge is 0.324 e. The third-order valence-electron chi connectivity index (χ3n) is 3.58. The molecule has 0 aliphatic carbocycles. The van der Waals surface area contributed by atoms with Gasteiger partial charge < -0.3 is 4.72 Å². The van der Waals surface area contributed by atoms with Crippen LogP contribution in [0.25, 0.3) is 16.7 Å². The molecule has 0 aliphatic rings. The van der Waals surface area contributed by atoms with Gasteiger partial charge in [0, 0.05) is 28.9 Å². The molecule has 0 atom stereocenters. The fraction of sp³-hybridized carbons (Fsp3) is 0.0625. The van der Waals surface area contributed by atoms with Crippen molar-refractivity contribution in [2.24, 2.45) is 0 Å². The average molecular weight is 393 g/mol. The summed E-state index contributed by atoms with van der Waals surface area (Å²) in [5.41, 5.74) is 0.887. The van der Waals surface area contributed by atoms with Crippen LogP contribution in [0.5, 0.6) is 0 Å². The molecule has 0 amide bonds. The monoisotopic (exact) mass is 392 g/mol. The zero-order valence-corrected chi connectivity index (χ0v) is 14.6. The summed E-state index contributed by atoms with van der Waals surface area (Å²) in [5, 5.41) is 9.17. The fourth-order valence-electron chi connectivity index (χ4n) is 2.45. The topological polar surface area (TPSA) is 60.6 Å². The van der Waals surface area contributed by atoms with E-state index < -0.39 is 6.55 Å². The van der Waals surface area contributed by atoms with Crippen LogP contribution in [0.4, 0.5) is 14.5 Å². The molecule has 4 aromatic rings. The number of aromatic nitrogens is 5. The van der Waals surface area contributed by atoms with E-state index in [1.807, 2.05) is 0 Å². The molecule has 0 radical (unpaired) electrons. The number of anilines is 1. The molecule has 3 heterocycles. The van der Waals surface area contributed by atoms with E-state index in [4.69, 9.17) is 11.6 Å². The number of fused-ring (bicyclic) bond motifs is 1. The van der Waals surface area contributed by atoms with E-state index in [-0.39, 0.29) is 0 Å². The van der Waals surface area contributed by atoms with Crippen LogP contribution in [0.2, 0.25) is 5.02 Å². The van der Waals surface area contributed by atoms with Gasteiger partial charge in [-0.05, 0) is 24.1 Å². The molecule has 1 N–H and O–H groups in total. The standard InChI is InChI=1S/C16H11ClF2N6S/c17-11-4-5-20-14(6-11)24-9-12(8-21-24)26-23-13-3-1-2-10-7-22-25(15(10)13)16(18)19/h1-9,16,23H. The molecule has 0 saturated heterocycles. The van der Waals surface area contributed by atoms with Crippen molar-refractivity contribution in [2.75, 3.05) is 4.72 Å². The average Bonchev–Trinajstić information content (AvgIpc) is 3.27. The largest absolute Gasteiger partial charge is 0.333 e. The highest BCUT2D eigenvalue weighted by molar-refractivity contribution is 8.00. The molecule has 0 bridgehead atoms. The van der Waals surface area contributed by atoms with Gasteiger partial charge in [-0.3, -0.25) is 0 Å². The first-order valence-electron chi connectivity index (χ1n) is 7.45. The molecule has 0 unspecified atom stereocenters. The SMILES string of the molecule is FC(F)n1ncc2cccc(NSc3cnn(-c4cc(Cl)ccn4)c3)c21. The molecule has 10 heteroatoms. The van der Waals surface area contributed by atoms with Gasteiger partial charge in [0.05, 0.1) is 28.5 Å². The molecule has 6 nitrogen and oxygen atoms in total. The van der Waals surface area contributed by atoms with E-state index in [9.17, 15) is 8.78 Å².